The maximum absolute atomic E-state index is 6.17. The molecule has 1 atom stereocenters. The number of aromatic nitrogens is 2. The van der Waals surface area contributed by atoms with Gasteiger partial charge in [0.25, 0.3) is 0 Å². The van der Waals surface area contributed by atoms with Crippen molar-refractivity contribution >= 4 is 0 Å². The summed E-state index contributed by atoms with van der Waals surface area (Å²) in [5.74, 6) is 3.93. The van der Waals surface area contributed by atoms with Gasteiger partial charge in [0.05, 0.1) is 11.7 Å². The minimum absolute atomic E-state index is 0.0661. The van der Waals surface area contributed by atoms with Crippen LogP contribution < -0.4 is 5.73 Å². The molecule has 1 heterocycles. The van der Waals surface area contributed by atoms with Crippen molar-refractivity contribution in [1.29, 1.82) is 0 Å². The summed E-state index contributed by atoms with van der Waals surface area (Å²) in [7, 11) is 0. The van der Waals surface area contributed by atoms with E-state index in [4.69, 9.17) is 10.7 Å². The number of hydrogen-bond acceptors (Lipinski definition) is 2. The number of hydrogen-bond donors (Lipinski definition) is 2. The molecule has 1 unspecified atom stereocenters. The minimum Gasteiger partial charge on any atom is -0.345 e. The van der Waals surface area contributed by atoms with Crippen LogP contribution in [-0.4, -0.2) is 9.97 Å². The van der Waals surface area contributed by atoms with Crippen LogP contribution >= 0.6 is 0 Å². The first kappa shape index (κ1) is 12.9. The fraction of sp³-hybridized carbons (Fsp3) is 0.824. The van der Waals surface area contributed by atoms with E-state index in [0.29, 0.717) is 5.41 Å². The standard InChI is InChI=1S/C17H27N3/c1-3-14(18)16-19-10(2)15(20-16)17-7-11-4-12(8-17)6-13(5-11)9-17/h11-14H,3-9,18H2,1-2H3,(H,19,20). The van der Waals surface area contributed by atoms with Gasteiger partial charge in [-0.1, -0.05) is 6.92 Å². The van der Waals surface area contributed by atoms with Crippen LogP contribution in [0.3, 0.4) is 0 Å². The van der Waals surface area contributed by atoms with Gasteiger partial charge >= 0.3 is 0 Å². The second-order valence-electron chi connectivity index (χ2n) is 7.81. The summed E-state index contributed by atoms with van der Waals surface area (Å²) in [6.07, 6.45) is 9.56. The van der Waals surface area contributed by atoms with Crippen molar-refractivity contribution in [2.45, 2.75) is 70.3 Å². The third-order valence-electron chi connectivity index (χ3n) is 6.23. The minimum atomic E-state index is 0.0661. The molecule has 3 nitrogen and oxygen atoms in total. The second-order valence-corrected chi connectivity index (χ2v) is 7.81. The van der Waals surface area contributed by atoms with Gasteiger partial charge in [0.15, 0.2) is 0 Å². The molecule has 0 aromatic carbocycles. The maximum Gasteiger partial charge on any atom is 0.123 e. The Kier molecular flexibility index (Phi) is 2.79. The van der Waals surface area contributed by atoms with Crippen LogP contribution in [0.5, 0.6) is 0 Å². The first-order valence-corrected chi connectivity index (χ1v) is 8.42. The van der Waals surface area contributed by atoms with Crippen molar-refractivity contribution < 1.29 is 0 Å². The van der Waals surface area contributed by atoms with Crippen molar-refractivity contribution in [3.05, 3.63) is 17.2 Å². The van der Waals surface area contributed by atoms with Crippen LogP contribution in [-0.2, 0) is 5.41 Å². The topological polar surface area (TPSA) is 54.7 Å². The lowest BCUT2D eigenvalue weighted by molar-refractivity contribution is -0.00736. The summed E-state index contributed by atoms with van der Waals surface area (Å²) in [5.41, 5.74) is 9.22. The number of rotatable bonds is 3. The van der Waals surface area contributed by atoms with Gasteiger partial charge in [0, 0.05) is 11.1 Å². The SMILES string of the molecule is CCC(N)c1nc(C23CC4CC(CC(C4)C2)C3)c(C)[nH]1. The quantitative estimate of drug-likeness (QED) is 0.884. The van der Waals surface area contributed by atoms with Crippen molar-refractivity contribution in [1.82, 2.24) is 9.97 Å². The van der Waals surface area contributed by atoms with Gasteiger partial charge in [-0.05, 0) is 69.6 Å². The van der Waals surface area contributed by atoms with Gasteiger partial charge in [0.2, 0.25) is 0 Å². The number of aryl methyl sites for hydroxylation is 1. The molecular formula is C17H27N3. The van der Waals surface area contributed by atoms with Crippen LogP contribution in [0.15, 0.2) is 0 Å². The molecule has 20 heavy (non-hydrogen) atoms. The molecule has 0 amide bonds. The number of H-pyrrole nitrogens is 1. The van der Waals surface area contributed by atoms with Gasteiger partial charge in [-0.3, -0.25) is 0 Å². The molecule has 1 aromatic heterocycles. The van der Waals surface area contributed by atoms with Gasteiger partial charge in [-0.25, -0.2) is 4.98 Å². The average Bonchev–Trinajstić information content (AvgIpc) is 2.79. The van der Waals surface area contributed by atoms with E-state index < -0.39 is 0 Å². The monoisotopic (exact) mass is 273 g/mol. The molecule has 0 spiro atoms. The highest BCUT2D eigenvalue weighted by Gasteiger charge is 2.53. The Labute approximate surface area is 121 Å². The smallest absolute Gasteiger partial charge is 0.123 e. The third-order valence-corrected chi connectivity index (χ3v) is 6.23. The third kappa shape index (κ3) is 1.78. The fourth-order valence-corrected chi connectivity index (χ4v) is 5.77. The van der Waals surface area contributed by atoms with Gasteiger partial charge in [0.1, 0.15) is 5.82 Å². The molecule has 0 radical (unpaired) electrons. The summed E-state index contributed by atoms with van der Waals surface area (Å²) in [5, 5.41) is 0. The highest BCUT2D eigenvalue weighted by atomic mass is 15.0. The Morgan fingerprint density at radius 3 is 2.25 bits per heavy atom. The molecule has 4 bridgehead atoms. The second kappa shape index (κ2) is 4.33. The summed E-state index contributed by atoms with van der Waals surface area (Å²) in [6, 6.07) is 0.0661. The zero-order valence-corrected chi connectivity index (χ0v) is 12.8. The molecule has 3 heteroatoms. The highest BCUT2D eigenvalue weighted by molar-refractivity contribution is 5.28. The molecule has 110 valence electrons. The lowest BCUT2D eigenvalue weighted by atomic mass is 9.48. The molecule has 1 aromatic rings. The van der Waals surface area contributed by atoms with Crippen molar-refractivity contribution in [3.8, 4) is 0 Å². The Morgan fingerprint density at radius 1 is 1.20 bits per heavy atom. The first-order chi connectivity index (χ1) is 9.59. The van der Waals surface area contributed by atoms with Crippen molar-refractivity contribution in [2.24, 2.45) is 23.5 Å². The van der Waals surface area contributed by atoms with E-state index in [2.05, 4.69) is 18.8 Å². The van der Waals surface area contributed by atoms with Crippen LogP contribution in [0.25, 0.3) is 0 Å². The molecule has 4 saturated carbocycles. The zero-order valence-electron chi connectivity index (χ0n) is 12.8. The fourth-order valence-electron chi connectivity index (χ4n) is 5.77. The van der Waals surface area contributed by atoms with E-state index in [1.807, 2.05) is 0 Å². The van der Waals surface area contributed by atoms with Gasteiger partial charge in [-0.2, -0.15) is 0 Å². The zero-order chi connectivity index (χ0) is 13.9. The Morgan fingerprint density at radius 2 is 1.75 bits per heavy atom. The molecule has 4 fully saturated rings. The van der Waals surface area contributed by atoms with Gasteiger partial charge in [-0.15, -0.1) is 0 Å². The summed E-state index contributed by atoms with van der Waals surface area (Å²) >= 11 is 0. The molecule has 0 aliphatic heterocycles. The van der Waals surface area contributed by atoms with Crippen LogP contribution in [0, 0.1) is 24.7 Å². The van der Waals surface area contributed by atoms with Crippen LogP contribution in [0.1, 0.15) is 75.1 Å². The van der Waals surface area contributed by atoms with E-state index in [-0.39, 0.29) is 6.04 Å². The van der Waals surface area contributed by atoms with Crippen molar-refractivity contribution in [2.75, 3.05) is 0 Å². The van der Waals surface area contributed by atoms with Crippen LogP contribution in [0.2, 0.25) is 0 Å². The lowest BCUT2D eigenvalue weighted by Crippen LogP contribution is -2.49. The van der Waals surface area contributed by atoms with Crippen LogP contribution in [0.4, 0.5) is 0 Å². The number of nitrogens with one attached hydrogen (secondary N) is 1. The predicted molar refractivity (Wildman–Crippen MR) is 80.4 cm³/mol. The number of nitrogens with zero attached hydrogens (tertiary/aromatic N) is 1. The summed E-state index contributed by atoms with van der Waals surface area (Å²) in [4.78, 5) is 8.47. The molecule has 0 saturated heterocycles. The van der Waals surface area contributed by atoms with E-state index in [1.54, 1.807) is 0 Å². The molecule has 4 aliphatic rings. The predicted octanol–water partition coefficient (Wildman–Crippen LogP) is 3.60. The average molecular weight is 273 g/mol. The molecule has 5 rings (SSSR count). The van der Waals surface area contributed by atoms with E-state index >= 15 is 0 Å². The highest BCUT2D eigenvalue weighted by Crippen LogP contribution is 2.60. The van der Waals surface area contributed by atoms with E-state index in [1.165, 1.54) is 49.9 Å². The van der Waals surface area contributed by atoms with Crippen molar-refractivity contribution in [3.63, 3.8) is 0 Å². The molecule has 4 aliphatic carbocycles. The Balaban J connectivity index is 1.72. The Bertz CT molecular complexity index is 481. The summed E-state index contributed by atoms with van der Waals surface area (Å²) < 4.78 is 0. The number of imidazole rings is 1. The first-order valence-electron chi connectivity index (χ1n) is 8.42. The van der Waals surface area contributed by atoms with E-state index in [0.717, 1.165) is 30.0 Å². The Hall–Kier alpha value is -0.830. The number of aromatic amines is 1. The molecule has 3 N–H and O–H groups in total. The largest absolute Gasteiger partial charge is 0.345 e. The van der Waals surface area contributed by atoms with E-state index in [9.17, 15) is 0 Å². The number of nitrogens with two attached hydrogens (primary N) is 1. The lowest BCUT2D eigenvalue weighted by Gasteiger charge is -2.56. The summed E-state index contributed by atoms with van der Waals surface area (Å²) in [6.45, 7) is 4.33. The normalized spacial score (nSPS) is 40.2. The molecular weight excluding hydrogens is 246 g/mol. The van der Waals surface area contributed by atoms with Gasteiger partial charge < -0.3 is 10.7 Å². The maximum atomic E-state index is 6.17.